The Labute approximate surface area is 151 Å². The van der Waals surface area contributed by atoms with Crippen molar-refractivity contribution in [3.8, 4) is 17.2 Å². The molecule has 138 valence electrons. The van der Waals surface area contributed by atoms with E-state index in [1.165, 1.54) is 25.3 Å². The SMILES string of the molecule is COc1ccc(OC)c(CCC(=O)Nc2ccc(C(=O)O)c(OC)c2)c1. The Balaban J connectivity index is 2.04. The second-order valence-electron chi connectivity index (χ2n) is 5.45. The molecule has 1 amide bonds. The highest BCUT2D eigenvalue weighted by atomic mass is 16.5. The van der Waals surface area contributed by atoms with Crippen LogP contribution in [0.4, 0.5) is 5.69 Å². The summed E-state index contributed by atoms with van der Waals surface area (Å²) in [6.07, 6.45) is 0.697. The van der Waals surface area contributed by atoms with Crippen LogP contribution in [0.3, 0.4) is 0 Å². The van der Waals surface area contributed by atoms with E-state index in [2.05, 4.69) is 5.32 Å². The Kier molecular flexibility index (Phi) is 6.43. The number of carbonyl (C=O) groups is 2. The van der Waals surface area contributed by atoms with E-state index < -0.39 is 5.97 Å². The van der Waals surface area contributed by atoms with Crippen LogP contribution in [0.25, 0.3) is 0 Å². The number of aromatic carboxylic acids is 1. The highest BCUT2D eigenvalue weighted by molar-refractivity contribution is 5.94. The van der Waals surface area contributed by atoms with Crippen LogP contribution in [-0.4, -0.2) is 38.3 Å². The summed E-state index contributed by atoms with van der Waals surface area (Å²) in [4.78, 5) is 23.3. The highest BCUT2D eigenvalue weighted by Crippen LogP contribution is 2.26. The number of nitrogens with one attached hydrogen (secondary N) is 1. The van der Waals surface area contributed by atoms with Crippen LogP contribution in [0.5, 0.6) is 17.2 Å². The van der Waals surface area contributed by atoms with Crippen molar-refractivity contribution in [1.82, 2.24) is 0 Å². The van der Waals surface area contributed by atoms with Gasteiger partial charge in [0, 0.05) is 18.2 Å². The van der Waals surface area contributed by atoms with Crippen molar-refractivity contribution >= 4 is 17.6 Å². The number of hydrogen-bond donors (Lipinski definition) is 2. The molecule has 7 nitrogen and oxygen atoms in total. The monoisotopic (exact) mass is 359 g/mol. The first kappa shape index (κ1) is 19.1. The van der Waals surface area contributed by atoms with Crippen molar-refractivity contribution < 1.29 is 28.9 Å². The summed E-state index contributed by atoms with van der Waals surface area (Å²) in [6.45, 7) is 0. The van der Waals surface area contributed by atoms with Crippen LogP contribution in [0.1, 0.15) is 22.3 Å². The lowest BCUT2D eigenvalue weighted by molar-refractivity contribution is -0.116. The zero-order valence-electron chi connectivity index (χ0n) is 14.9. The van der Waals surface area contributed by atoms with Gasteiger partial charge < -0.3 is 24.6 Å². The fraction of sp³-hybridized carbons (Fsp3) is 0.263. The van der Waals surface area contributed by atoms with Crippen LogP contribution in [-0.2, 0) is 11.2 Å². The first-order chi connectivity index (χ1) is 12.5. The van der Waals surface area contributed by atoms with E-state index in [9.17, 15) is 9.59 Å². The molecule has 0 heterocycles. The van der Waals surface area contributed by atoms with Gasteiger partial charge >= 0.3 is 5.97 Å². The molecular weight excluding hydrogens is 338 g/mol. The van der Waals surface area contributed by atoms with Crippen LogP contribution < -0.4 is 19.5 Å². The first-order valence-electron chi connectivity index (χ1n) is 7.90. The summed E-state index contributed by atoms with van der Waals surface area (Å²) >= 11 is 0. The van der Waals surface area contributed by atoms with Gasteiger partial charge in [0.15, 0.2) is 0 Å². The molecule has 0 atom stereocenters. The molecule has 0 fully saturated rings. The average Bonchev–Trinajstić information content (AvgIpc) is 2.65. The molecule has 0 aliphatic carbocycles. The van der Waals surface area contributed by atoms with Gasteiger partial charge in [0.2, 0.25) is 5.91 Å². The average molecular weight is 359 g/mol. The molecule has 0 unspecified atom stereocenters. The second-order valence-corrected chi connectivity index (χ2v) is 5.45. The standard InChI is InChI=1S/C19H21NO6/c1-24-14-6-8-16(25-2)12(10-14)4-9-18(21)20-13-5-7-15(19(22)23)17(11-13)26-3/h5-8,10-11H,4,9H2,1-3H3,(H,20,21)(H,22,23). The predicted octanol–water partition coefficient (Wildman–Crippen LogP) is 2.98. The summed E-state index contributed by atoms with van der Waals surface area (Å²) in [5.41, 5.74) is 1.36. The Morgan fingerprint density at radius 2 is 1.69 bits per heavy atom. The third-order valence-electron chi connectivity index (χ3n) is 3.82. The molecule has 2 rings (SSSR count). The lowest BCUT2D eigenvalue weighted by atomic mass is 10.1. The lowest BCUT2D eigenvalue weighted by Gasteiger charge is -2.11. The second kappa shape index (κ2) is 8.75. The molecule has 0 spiro atoms. The minimum absolute atomic E-state index is 0.0339. The van der Waals surface area contributed by atoms with E-state index in [1.54, 1.807) is 26.4 Å². The van der Waals surface area contributed by atoms with Crippen LogP contribution >= 0.6 is 0 Å². The van der Waals surface area contributed by atoms with Crippen molar-refractivity contribution in [2.45, 2.75) is 12.8 Å². The van der Waals surface area contributed by atoms with E-state index in [1.807, 2.05) is 6.07 Å². The van der Waals surface area contributed by atoms with Gasteiger partial charge in [-0.15, -0.1) is 0 Å². The number of amides is 1. The molecule has 0 radical (unpaired) electrons. The van der Waals surface area contributed by atoms with Gasteiger partial charge in [0.1, 0.15) is 22.8 Å². The van der Waals surface area contributed by atoms with Crippen molar-refractivity contribution in [3.05, 3.63) is 47.5 Å². The van der Waals surface area contributed by atoms with Gasteiger partial charge in [-0.2, -0.15) is 0 Å². The van der Waals surface area contributed by atoms with E-state index in [4.69, 9.17) is 19.3 Å². The van der Waals surface area contributed by atoms with E-state index in [-0.39, 0.29) is 23.6 Å². The molecule has 2 aromatic carbocycles. The highest BCUT2D eigenvalue weighted by Gasteiger charge is 2.13. The molecular formula is C19H21NO6. The zero-order chi connectivity index (χ0) is 19.1. The summed E-state index contributed by atoms with van der Waals surface area (Å²) < 4.78 is 15.5. The fourth-order valence-electron chi connectivity index (χ4n) is 2.49. The van der Waals surface area contributed by atoms with Crippen molar-refractivity contribution in [3.63, 3.8) is 0 Å². The number of methoxy groups -OCH3 is 3. The summed E-state index contributed by atoms with van der Waals surface area (Å²) in [5.74, 6) is 0.260. The number of ether oxygens (including phenoxy) is 3. The predicted molar refractivity (Wildman–Crippen MR) is 96.5 cm³/mol. The number of rotatable bonds is 8. The molecule has 2 N–H and O–H groups in total. The molecule has 2 aromatic rings. The van der Waals surface area contributed by atoms with Crippen molar-refractivity contribution in [2.24, 2.45) is 0 Å². The number of hydrogen-bond acceptors (Lipinski definition) is 5. The molecule has 0 bridgehead atoms. The summed E-state index contributed by atoms with van der Waals surface area (Å²) in [7, 11) is 4.52. The Hall–Kier alpha value is -3.22. The normalized spacial score (nSPS) is 10.1. The quantitative estimate of drug-likeness (QED) is 0.752. The zero-order valence-corrected chi connectivity index (χ0v) is 14.9. The molecule has 0 aliphatic rings. The number of carbonyl (C=O) groups excluding carboxylic acids is 1. The van der Waals surface area contributed by atoms with Gasteiger partial charge in [0.05, 0.1) is 21.3 Å². The summed E-state index contributed by atoms with van der Waals surface area (Å²) in [5, 5.41) is 11.8. The molecule has 0 aromatic heterocycles. The lowest BCUT2D eigenvalue weighted by Crippen LogP contribution is -2.13. The molecule has 0 saturated carbocycles. The van der Waals surface area contributed by atoms with Gasteiger partial charge in [-0.3, -0.25) is 4.79 Å². The number of carboxylic acid groups (broad SMARTS) is 1. The van der Waals surface area contributed by atoms with E-state index in [0.717, 1.165) is 5.56 Å². The van der Waals surface area contributed by atoms with Crippen LogP contribution in [0, 0.1) is 0 Å². The smallest absolute Gasteiger partial charge is 0.339 e. The number of aryl methyl sites for hydroxylation is 1. The topological polar surface area (TPSA) is 94.1 Å². The maximum absolute atomic E-state index is 12.2. The van der Waals surface area contributed by atoms with Crippen molar-refractivity contribution in [2.75, 3.05) is 26.6 Å². The maximum Gasteiger partial charge on any atom is 0.339 e. The number of benzene rings is 2. The maximum atomic E-state index is 12.2. The Morgan fingerprint density at radius 3 is 2.31 bits per heavy atom. The Morgan fingerprint density at radius 1 is 0.962 bits per heavy atom. The fourth-order valence-corrected chi connectivity index (χ4v) is 2.49. The third-order valence-corrected chi connectivity index (χ3v) is 3.82. The molecule has 26 heavy (non-hydrogen) atoms. The third kappa shape index (κ3) is 4.66. The number of anilines is 1. The molecule has 0 saturated heterocycles. The van der Waals surface area contributed by atoms with Crippen LogP contribution in [0.2, 0.25) is 0 Å². The van der Waals surface area contributed by atoms with Gasteiger partial charge in [0.25, 0.3) is 0 Å². The largest absolute Gasteiger partial charge is 0.497 e. The molecule has 0 aliphatic heterocycles. The van der Waals surface area contributed by atoms with Crippen molar-refractivity contribution in [1.29, 1.82) is 0 Å². The minimum atomic E-state index is -1.09. The first-order valence-corrected chi connectivity index (χ1v) is 7.90. The van der Waals surface area contributed by atoms with Gasteiger partial charge in [-0.25, -0.2) is 4.79 Å². The van der Waals surface area contributed by atoms with Gasteiger partial charge in [-0.1, -0.05) is 0 Å². The van der Waals surface area contributed by atoms with Crippen LogP contribution in [0.15, 0.2) is 36.4 Å². The minimum Gasteiger partial charge on any atom is -0.497 e. The van der Waals surface area contributed by atoms with E-state index in [0.29, 0.717) is 23.6 Å². The summed E-state index contributed by atoms with van der Waals surface area (Å²) in [6, 6.07) is 9.81. The van der Waals surface area contributed by atoms with E-state index >= 15 is 0 Å². The molecule has 7 heteroatoms. The number of carboxylic acids is 1. The Bertz CT molecular complexity index is 803. The van der Waals surface area contributed by atoms with Gasteiger partial charge in [-0.05, 0) is 42.3 Å².